The minimum Gasteiger partial charge on any atom is -0.395 e. The van der Waals surface area contributed by atoms with Gasteiger partial charge in [0.1, 0.15) is 0 Å². The van der Waals surface area contributed by atoms with Gasteiger partial charge in [-0.1, -0.05) is 147 Å². The van der Waals surface area contributed by atoms with Crippen LogP contribution in [-0.2, 0) is 33.2 Å². The van der Waals surface area contributed by atoms with Crippen LogP contribution in [0.5, 0.6) is 0 Å². The van der Waals surface area contributed by atoms with Gasteiger partial charge in [0.25, 0.3) is 0 Å². The molecule has 8 atom stereocenters. The van der Waals surface area contributed by atoms with Crippen molar-refractivity contribution in [2.24, 2.45) is 51.8 Å². The zero-order valence-electron chi connectivity index (χ0n) is 46.2. The van der Waals surface area contributed by atoms with Crippen molar-refractivity contribution < 1.29 is 43.9 Å². The number of aliphatic hydroxyl groups is 6. The molecule has 6 unspecified atom stereocenters. The van der Waals surface area contributed by atoms with Crippen LogP contribution in [0.15, 0.2) is 144 Å². The average molecular weight is 1120 g/mol. The second kappa shape index (κ2) is 44.2. The van der Waals surface area contributed by atoms with Gasteiger partial charge in [-0.05, 0) is 87.0 Å². The van der Waals surface area contributed by atoms with E-state index in [1.165, 1.54) is 11.1 Å². The molecule has 77 heavy (non-hydrogen) atoms. The van der Waals surface area contributed by atoms with Gasteiger partial charge >= 0.3 is 0 Å². The molecule has 436 valence electrons. The van der Waals surface area contributed by atoms with E-state index in [4.69, 9.17) is 66.3 Å². The summed E-state index contributed by atoms with van der Waals surface area (Å²) in [6.07, 6.45) is 0.313. The summed E-state index contributed by atoms with van der Waals surface area (Å²) >= 11 is 0. The molecule has 0 aliphatic heterocycles. The lowest BCUT2D eigenvalue weighted by Gasteiger charge is -2.21. The van der Waals surface area contributed by atoms with Crippen molar-refractivity contribution in [1.29, 1.82) is 0 Å². The molecule has 21 heteroatoms. The normalized spacial score (nSPS) is 15.5. The number of amides is 1. The maximum atomic E-state index is 11.5. The quantitative estimate of drug-likeness (QED) is 0.0664. The summed E-state index contributed by atoms with van der Waals surface area (Å²) in [4.78, 5) is 10.5. The summed E-state index contributed by atoms with van der Waals surface area (Å²) in [6.45, 7) is 12.4. The molecule has 0 aromatic heterocycles. The lowest BCUT2D eigenvalue weighted by molar-refractivity contribution is -0.120. The van der Waals surface area contributed by atoms with Gasteiger partial charge < -0.3 is 81.8 Å². The van der Waals surface area contributed by atoms with Crippen molar-refractivity contribution in [3.8, 4) is 0 Å². The molecule has 0 radical (unpaired) electrons. The number of likely N-dealkylation sites (N-methyl/N-ethyl adjacent to an activating group) is 1. The van der Waals surface area contributed by atoms with E-state index in [9.17, 15) is 23.4 Å². The van der Waals surface area contributed by atoms with Crippen molar-refractivity contribution in [2.45, 2.75) is 107 Å². The molecule has 0 bridgehead atoms. The van der Waals surface area contributed by atoms with E-state index in [0.29, 0.717) is 26.1 Å². The lowest BCUT2D eigenvalue weighted by Crippen LogP contribution is -2.40. The SMILES string of the molecule is CC(C)C(N)C(N)=O.CC(N)(CO)c1ccccc1.CC(O)CN.CNC(C)C(O)c1ccccc1.Cc1ccc(S(=O)(=O)NCCN)cc1.NC(CO)Cc1ccccc1.NCCO.N[C@@H]1c2ccccc2C[C@@H]1O.S. The van der Waals surface area contributed by atoms with Crippen LogP contribution in [0.3, 0.4) is 0 Å². The number of hydrogen-bond acceptors (Lipinski definition) is 17. The van der Waals surface area contributed by atoms with Crippen LogP contribution in [0, 0.1) is 12.8 Å². The van der Waals surface area contributed by atoms with Gasteiger partial charge in [-0.25, -0.2) is 13.1 Å². The number of carbonyl (C=O) groups is 1. The van der Waals surface area contributed by atoms with E-state index < -0.39 is 33.6 Å². The molecule has 1 amide bonds. The zero-order chi connectivity index (χ0) is 58.3. The standard InChI is InChI=1S/C10H15NO.C9H14N2O2S.C9H11NO.2C9H13NO.C5H12N2O.C3H9NO.C2H7NO.H2S/c1-8(11-2)10(12)9-6-4-3-5-7-9;1-8-2-4-9(5-3-8)14(12,13)11-7-6-10;10-9-7-4-2-1-3-6(7)5-8(9)11;1-9(10,7-11)8-5-3-2-4-6-8;10-9(7-11)6-8-4-2-1-3-5-8;1-3(2)4(6)5(7)8;1-3(5)2-4;3-1-2-4;/h3-8,10-12H,1-2H3;2-5,11H,6-7,10H2,1H3;1-4,8-9,11H,5,10H2;2-6,11H,7,10H2,1H3;1-5,9,11H,6-7,10H2;3-4H,6H2,1-2H3,(H2,7,8);3,5H,2,4H2,1H3;4H,1-3H2;1H2/t;;8-,9+;;;;;;/m..0....../s1. The fourth-order valence-corrected chi connectivity index (χ4v) is 6.96. The van der Waals surface area contributed by atoms with Gasteiger partial charge in [-0.15, -0.1) is 0 Å². The van der Waals surface area contributed by atoms with Crippen LogP contribution >= 0.6 is 13.5 Å². The molecule has 5 aromatic carbocycles. The first-order valence-corrected chi connectivity index (χ1v) is 26.6. The van der Waals surface area contributed by atoms with E-state index in [1.54, 1.807) is 31.2 Å². The maximum Gasteiger partial charge on any atom is 0.240 e. The molecule has 24 N–H and O–H groups in total. The molecule has 0 fully saturated rings. The van der Waals surface area contributed by atoms with Crippen LogP contribution in [-0.4, -0.2) is 128 Å². The predicted octanol–water partition coefficient (Wildman–Crippen LogP) is 1.40. The molecule has 0 saturated heterocycles. The molecule has 0 spiro atoms. The Hall–Kier alpha value is -4.73. The Labute approximate surface area is 466 Å². The number of nitrogens with two attached hydrogens (primary N) is 8. The average Bonchev–Trinajstić information content (AvgIpc) is 3.73. The number of sulfonamides is 1. The van der Waals surface area contributed by atoms with E-state index in [0.717, 1.165) is 28.7 Å². The Bertz CT molecular complexity index is 2290. The molecule has 0 saturated carbocycles. The second-order valence-electron chi connectivity index (χ2n) is 18.3. The van der Waals surface area contributed by atoms with Crippen LogP contribution < -0.4 is 55.9 Å². The smallest absolute Gasteiger partial charge is 0.240 e. The summed E-state index contributed by atoms with van der Waals surface area (Å²) < 4.78 is 25.5. The van der Waals surface area contributed by atoms with Gasteiger partial charge in [0.15, 0.2) is 0 Å². The Kier molecular flexibility index (Phi) is 43.9. The molecular formula is C56H96N10O9S2. The van der Waals surface area contributed by atoms with Gasteiger partial charge in [0.05, 0.1) is 60.7 Å². The first-order valence-electron chi connectivity index (χ1n) is 25.1. The van der Waals surface area contributed by atoms with Gasteiger partial charge in [-0.2, -0.15) is 13.5 Å². The fourth-order valence-electron chi connectivity index (χ4n) is 5.92. The highest BCUT2D eigenvalue weighted by atomic mass is 32.2. The number of carbonyl (C=O) groups excluding carboxylic acids is 1. The van der Waals surface area contributed by atoms with Crippen LogP contribution in [0.25, 0.3) is 0 Å². The minimum absolute atomic E-state index is 0. The summed E-state index contributed by atoms with van der Waals surface area (Å²) in [5, 5.41) is 55.7. The molecule has 1 aliphatic rings. The number of primary amides is 1. The Morgan fingerprint density at radius 3 is 1.62 bits per heavy atom. The summed E-state index contributed by atoms with van der Waals surface area (Å²) in [7, 11) is -1.53. The van der Waals surface area contributed by atoms with Crippen LogP contribution in [0.4, 0.5) is 0 Å². The highest BCUT2D eigenvalue weighted by Crippen LogP contribution is 2.28. The summed E-state index contributed by atoms with van der Waals surface area (Å²) in [6, 6.07) is 43.1. The van der Waals surface area contributed by atoms with Crippen LogP contribution in [0.1, 0.15) is 80.1 Å². The largest absolute Gasteiger partial charge is 0.395 e. The van der Waals surface area contributed by atoms with Crippen molar-refractivity contribution in [3.63, 3.8) is 0 Å². The first-order chi connectivity index (χ1) is 35.8. The molecule has 6 rings (SSSR count). The van der Waals surface area contributed by atoms with Crippen molar-refractivity contribution >= 4 is 29.4 Å². The number of rotatable bonds is 16. The van der Waals surface area contributed by atoms with Gasteiger partial charge in [0.2, 0.25) is 15.9 Å². The van der Waals surface area contributed by atoms with E-state index in [-0.39, 0.29) is 81.0 Å². The Morgan fingerprint density at radius 1 is 0.766 bits per heavy atom. The monoisotopic (exact) mass is 1120 g/mol. The lowest BCUT2D eigenvalue weighted by atomic mass is 9.95. The number of aryl methyl sites for hydroxylation is 1. The zero-order valence-corrected chi connectivity index (χ0v) is 48.0. The molecule has 19 nitrogen and oxygen atoms in total. The second-order valence-corrected chi connectivity index (χ2v) is 20.0. The number of nitrogens with one attached hydrogen (secondary N) is 2. The highest BCUT2D eigenvalue weighted by Gasteiger charge is 2.27. The van der Waals surface area contributed by atoms with E-state index >= 15 is 0 Å². The molecular weight excluding hydrogens is 1020 g/mol. The summed E-state index contributed by atoms with van der Waals surface area (Å²) in [5.41, 5.74) is 47.9. The fraction of sp³-hybridized carbons (Fsp3) is 0.446. The Balaban J connectivity index is -0.000000829. The third-order valence-corrected chi connectivity index (χ3v) is 12.4. The minimum atomic E-state index is -3.37. The first kappa shape index (κ1) is 76.5. The van der Waals surface area contributed by atoms with Gasteiger partial charge in [-0.3, -0.25) is 4.79 Å². The molecule has 0 heterocycles. The third kappa shape index (κ3) is 34.7. The third-order valence-electron chi connectivity index (χ3n) is 10.9. The molecule has 1 aliphatic carbocycles. The molecule has 5 aromatic rings. The van der Waals surface area contributed by atoms with Crippen molar-refractivity contribution in [1.82, 2.24) is 10.0 Å². The van der Waals surface area contributed by atoms with Crippen molar-refractivity contribution in [3.05, 3.63) is 173 Å². The summed E-state index contributed by atoms with van der Waals surface area (Å²) in [5.74, 6) is -0.285. The number of hydrogen-bond donors (Lipinski definition) is 16. The number of benzene rings is 5. The van der Waals surface area contributed by atoms with E-state index in [1.807, 2.05) is 157 Å². The highest BCUT2D eigenvalue weighted by molar-refractivity contribution is 7.89. The van der Waals surface area contributed by atoms with Gasteiger partial charge in [0, 0.05) is 44.7 Å². The number of aliphatic hydroxyl groups excluding tert-OH is 6. The van der Waals surface area contributed by atoms with Crippen LogP contribution in [0.2, 0.25) is 0 Å². The predicted molar refractivity (Wildman–Crippen MR) is 318 cm³/mol. The maximum absolute atomic E-state index is 11.5. The van der Waals surface area contributed by atoms with Crippen molar-refractivity contribution in [2.75, 3.05) is 53.0 Å². The Morgan fingerprint density at radius 2 is 1.23 bits per heavy atom. The van der Waals surface area contributed by atoms with E-state index in [2.05, 4.69) is 10.0 Å². The number of fused-ring (bicyclic) bond motifs is 1. The topological polar surface area (TPSA) is 405 Å².